The SMILES string of the molecule is O=C1c2cccc(N3CCN(C/C=C/c4ccco4)CC3)c2C(=O)N1CCn1cccn1. The van der Waals surface area contributed by atoms with Gasteiger partial charge in [0, 0.05) is 51.7 Å². The Hall–Kier alpha value is -3.65. The van der Waals surface area contributed by atoms with Crippen LogP contribution in [0.15, 0.2) is 65.5 Å². The predicted molar refractivity (Wildman–Crippen MR) is 120 cm³/mol. The molecule has 0 unspecified atom stereocenters. The highest BCUT2D eigenvalue weighted by Crippen LogP contribution is 2.32. The summed E-state index contributed by atoms with van der Waals surface area (Å²) in [6.45, 7) is 5.02. The van der Waals surface area contributed by atoms with Gasteiger partial charge in [-0.2, -0.15) is 5.10 Å². The van der Waals surface area contributed by atoms with Gasteiger partial charge in [-0.1, -0.05) is 12.1 Å². The van der Waals surface area contributed by atoms with Crippen molar-refractivity contribution in [2.24, 2.45) is 0 Å². The summed E-state index contributed by atoms with van der Waals surface area (Å²) in [5.74, 6) is 0.418. The second-order valence-electron chi connectivity index (χ2n) is 7.94. The zero-order valence-corrected chi connectivity index (χ0v) is 17.8. The largest absolute Gasteiger partial charge is 0.465 e. The molecule has 32 heavy (non-hydrogen) atoms. The fraction of sp³-hybridized carbons (Fsp3) is 0.292. The Morgan fingerprint density at radius 1 is 0.969 bits per heavy atom. The molecule has 2 amide bonds. The van der Waals surface area contributed by atoms with Gasteiger partial charge in [0.2, 0.25) is 0 Å². The summed E-state index contributed by atoms with van der Waals surface area (Å²) >= 11 is 0. The molecule has 5 rings (SSSR count). The number of amides is 2. The molecule has 1 fully saturated rings. The van der Waals surface area contributed by atoms with Crippen molar-refractivity contribution < 1.29 is 14.0 Å². The van der Waals surface area contributed by atoms with Crippen molar-refractivity contribution in [2.45, 2.75) is 6.54 Å². The number of benzene rings is 1. The monoisotopic (exact) mass is 431 g/mol. The van der Waals surface area contributed by atoms with E-state index in [0.717, 1.165) is 44.2 Å². The third kappa shape index (κ3) is 3.97. The van der Waals surface area contributed by atoms with Crippen LogP contribution in [0.25, 0.3) is 6.08 Å². The average Bonchev–Trinajstić information content (AvgIpc) is 3.57. The molecular weight excluding hydrogens is 406 g/mol. The van der Waals surface area contributed by atoms with Crippen molar-refractivity contribution in [3.63, 3.8) is 0 Å². The molecule has 0 N–H and O–H groups in total. The Morgan fingerprint density at radius 3 is 2.59 bits per heavy atom. The van der Waals surface area contributed by atoms with Gasteiger partial charge in [-0.25, -0.2) is 0 Å². The van der Waals surface area contributed by atoms with E-state index < -0.39 is 0 Å². The molecule has 8 nitrogen and oxygen atoms in total. The van der Waals surface area contributed by atoms with E-state index in [1.807, 2.05) is 42.6 Å². The van der Waals surface area contributed by atoms with E-state index in [1.165, 1.54) is 4.90 Å². The lowest BCUT2D eigenvalue weighted by atomic mass is 10.1. The predicted octanol–water partition coefficient (Wildman–Crippen LogP) is 2.61. The molecule has 0 spiro atoms. The van der Waals surface area contributed by atoms with E-state index in [-0.39, 0.29) is 11.8 Å². The number of carbonyl (C=O) groups is 2. The van der Waals surface area contributed by atoms with Crippen LogP contribution in [0.3, 0.4) is 0 Å². The van der Waals surface area contributed by atoms with Gasteiger partial charge in [-0.3, -0.25) is 24.1 Å². The minimum absolute atomic E-state index is 0.212. The highest BCUT2D eigenvalue weighted by atomic mass is 16.3. The van der Waals surface area contributed by atoms with Crippen LogP contribution in [0, 0.1) is 0 Å². The molecule has 0 atom stereocenters. The lowest BCUT2D eigenvalue weighted by molar-refractivity contribution is 0.0647. The lowest BCUT2D eigenvalue weighted by Crippen LogP contribution is -2.46. The lowest BCUT2D eigenvalue weighted by Gasteiger charge is -2.36. The van der Waals surface area contributed by atoms with Gasteiger partial charge >= 0.3 is 0 Å². The molecule has 0 aliphatic carbocycles. The Morgan fingerprint density at radius 2 is 1.84 bits per heavy atom. The van der Waals surface area contributed by atoms with Crippen LogP contribution in [0.1, 0.15) is 26.5 Å². The third-order valence-electron chi connectivity index (χ3n) is 5.99. The van der Waals surface area contributed by atoms with E-state index in [1.54, 1.807) is 23.2 Å². The minimum atomic E-state index is -0.222. The molecule has 4 heterocycles. The standard InChI is InChI=1S/C24H25N5O3/c30-23-20-7-1-8-21(22(20)24(31)29(23)17-16-28-11-4-9-25-28)27-14-12-26(13-15-27)10-2-5-19-6-3-18-32-19/h1-9,11,18H,10,12-17H2/b5-2+. The van der Waals surface area contributed by atoms with E-state index in [2.05, 4.69) is 21.0 Å². The molecule has 0 radical (unpaired) electrons. The number of carbonyl (C=O) groups excluding carboxylic acids is 2. The molecule has 1 saturated heterocycles. The Balaban J connectivity index is 1.24. The second kappa shape index (κ2) is 8.84. The van der Waals surface area contributed by atoms with Crippen LogP contribution in [0.2, 0.25) is 0 Å². The Labute approximate surface area is 186 Å². The van der Waals surface area contributed by atoms with Gasteiger partial charge < -0.3 is 9.32 Å². The van der Waals surface area contributed by atoms with Crippen molar-refractivity contribution in [3.05, 3.63) is 78.0 Å². The Bertz CT molecular complexity index is 1110. The molecule has 164 valence electrons. The molecule has 2 aliphatic heterocycles. The maximum atomic E-state index is 13.2. The first-order chi connectivity index (χ1) is 15.7. The molecule has 0 bridgehead atoms. The van der Waals surface area contributed by atoms with Crippen molar-refractivity contribution >= 4 is 23.6 Å². The summed E-state index contributed by atoms with van der Waals surface area (Å²) in [4.78, 5) is 32.0. The molecule has 8 heteroatoms. The quantitative estimate of drug-likeness (QED) is 0.536. The highest BCUT2D eigenvalue weighted by molar-refractivity contribution is 6.23. The van der Waals surface area contributed by atoms with Gasteiger partial charge in [-0.15, -0.1) is 0 Å². The summed E-state index contributed by atoms with van der Waals surface area (Å²) in [6.07, 6.45) is 9.27. The number of furan rings is 1. The smallest absolute Gasteiger partial charge is 0.263 e. The van der Waals surface area contributed by atoms with E-state index in [4.69, 9.17) is 4.42 Å². The van der Waals surface area contributed by atoms with Crippen LogP contribution in [0.5, 0.6) is 0 Å². The first-order valence-corrected chi connectivity index (χ1v) is 10.8. The summed E-state index contributed by atoms with van der Waals surface area (Å²) in [5, 5.41) is 4.15. The number of aromatic nitrogens is 2. The van der Waals surface area contributed by atoms with Crippen molar-refractivity contribution in [1.82, 2.24) is 19.6 Å². The second-order valence-corrected chi connectivity index (χ2v) is 7.94. The molecule has 1 aromatic carbocycles. The number of hydrogen-bond donors (Lipinski definition) is 0. The van der Waals surface area contributed by atoms with Crippen LogP contribution >= 0.6 is 0 Å². The van der Waals surface area contributed by atoms with Gasteiger partial charge in [0.05, 0.1) is 29.6 Å². The summed E-state index contributed by atoms with van der Waals surface area (Å²) in [5.41, 5.74) is 1.88. The van der Waals surface area contributed by atoms with Gasteiger partial charge in [-0.05, 0) is 36.4 Å². The average molecular weight is 431 g/mol. The van der Waals surface area contributed by atoms with Crippen molar-refractivity contribution in [2.75, 3.05) is 44.2 Å². The van der Waals surface area contributed by atoms with Gasteiger partial charge in [0.15, 0.2) is 0 Å². The Kier molecular flexibility index (Phi) is 5.60. The van der Waals surface area contributed by atoms with E-state index in [0.29, 0.717) is 24.2 Å². The fourth-order valence-corrected chi connectivity index (χ4v) is 4.29. The summed E-state index contributed by atoms with van der Waals surface area (Å²) < 4.78 is 7.05. The maximum absolute atomic E-state index is 13.2. The third-order valence-corrected chi connectivity index (χ3v) is 5.99. The molecule has 0 saturated carbocycles. The fourth-order valence-electron chi connectivity index (χ4n) is 4.29. The normalized spacial score (nSPS) is 17.0. The topological polar surface area (TPSA) is 74.8 Å². The van der Waals surface area contributed by atoms with Gasteiger partial charge in [0.1, 0.15) is 5.76 Å². The zero-order chi connectivity index (χ0) is 21.9. The first-order valence-electron chi connectivity index (χ1n) is 10.8. The first kappa shape index (κ1) is 20.3. The number of imide groups is 1. The van der Waals surface area contributed by atoms with Crippen LogP contribution in [0.4, 0.5) is 5.69 Å². The number of fused-ring (bicyclic) bond motifs is 1. The number of piperazine rings is 1. The molecular formula is C24H25N5O3. The van der Waals surface area contributed by atoms with Crippen molar-refractivity contribution in [1.29, 1.82) is 0 Å². The van der Waals surface area contributed by atoms with E-state index in [9.17, 15) is 9.59 Å². The zero-order valence-electron chi connectivity index (χ0n) is 17.8. The number of hydrogen-bond acceptors (Lipinski definition) is 6. The molecule has 2 aliphatic rings. The van der Waals surface area contributed by atoms with Crippen LogP contribution in [-0.2, 0) is 6.54 Å². The number of anilines is 1. The molecule has 2 aromatic heterocycles. The summed E-state index contributed by atoms with van der Waals surface area (Å²) in [7, 11) is 0. The van der Waals surface area contributed by atoms with E-state index >= 15 is 0 Å². The summed E-state index contributed by atoms with van der Waals surface area (Å²) in [6, 6.07) is 11.2. The number of rotatable bonds is 7. The van der Waals surface area contributed by atoms with Crippen LogP contribution < -0.4 is 4.90 Å². The minimum Gasteiger partial charge on any atom is -0.465 e. The highest BCUT2D eigenvalue weighted by Gasteiger charge is 2.38. The number of nitrogens with zero attached hydrogens (tertiary/aromatic N) is 5. The molecule has 3 aromatic rings. The van der Waals surface area contributed by atoms with Crippen LogP contribution in [-0.4, -0.2) is 70.7 Å². The van der Waals surface area contributed by atoms with Crippen molar-refractivity contribution in [3.8, 4) is 0 Å². The maximum Gasteiger partial charge on any atom is 0.263 e. The van der Waals surface area contributed by atoms with Gasteiger partial charge in [0.25, 0.3) is 11.8 Å².